The van der Waals surface area contributed by atoms with E-state index in [1.54, 1.807) is 12.1 Å². The van der Waals surface area contributed by atoms with Crippen molar-refractivity contribution in [1.82, 2.24) is 14.7 Å². The molecule has 134 valence electrons. The molecular weight excluding hydrogens is 392 g/mol. The van der Waals surface area contributed by atoms with Gasteiger partial charge in [-0.15, -0.1) is 0 Å². The summed E-state index contributed by atoms with van der Waals surface area (Å²) in [4.78, 5) is 51.1. The predicted octanol–water partition coefficient (Wildman–Crippen LogP) is 1.05. The van der Waals surface area contributed by atoms with E-state index in [1.165, 1.54) is 23.9 Å². The van der Waals surface area contributed by atoms with Crippen molar-refractivity contribution in [3.05, 3.63) is 28.2 Å². The third-order valence-corrected chi connectivity index (χ3v) is 4.29. The lowest BCUT2D eigenvalue weighted by Crippen LogP contribution is -2.44. The van der Waals surface area contributed by atoms with E-state index in [4.69, 9.17) is 0 Å². The van der Waals surface area contributed by atoms with Crippen LogP contribution in [0.1, 0.15) is 5.56 Å². The quantitative estimate of drug-likeness (QED) is 0.734. The van der Waals surface area contributed by atoms with E-state index in [2.05, 4.69) is 21.2 Å². The van der Waals surface area contributed by atoms with E-state index in [0.29, 0.717) is 5.69 Å². The molecule has 0 atom stereocenters. The Kier molecular flexibility index (Phi) is 5.78. The second-order valence-corrected chi connectivity index (χ2v) is 6.79. The second-order valence-electron chi connectivity index (χ2n) is 5.88. The standard InChI is InChI=1S/C16H19BrN4O4/c1-10-6-11(17)4-5-12(10)18-13(22)7-19(2)14(23)9-21-15(24)8-20(3)16(21)25/h4-6H,7-9H2,1-3H3,(H,18,22). The van der Waals surface area contributed by atoms with Gasteiger partial charge in [-0.2, -0.15) is 0 Å². The molecule has 0 spiro atoms. The molecule has 1 aromatic rings. The number of hydrogen-bond donors (Lipinski definition) is 1. The number of benzene rings is 1. The highest BCUT2D eigenvalue weighted by Gasteiger charge is 2.35. The van der Waals surface area contributed by atoms with Crippen molar-refractivity contribution in [2.75, 3.05) is 39.0 Å². The normalized spacial score (nSPS) is 14.1. The van der Waals surface area contributed by atoms with Gasteiger partial charge in [-0.3, -0.25) is 19.3 Å². The molecule has 1 saturated heterocycles. The van der Waals surface area contributed by atoms with E-state index < -0.39 is 17.8 Å². The fraction of sp³-hybridized carbons (Fsp3) is 0.375. The Labute approximate surface area is 153 Å². The lowest BCUT2D eigenvalue weighted by Gasteiger charge is -2.20. The number of nitrogens with zero attached hydrogens (tertiary/aromatic N) is 3. The van der Waals surface area contributed by atoms with Crippen LogP contribution >= 0.6 is 15.9 Å². The van der Waals surface area contributed by atoms with Crippen LogP contribution in [0.5, 0.6) is 0 Å². The number of aryl methyl sites for hydroxylation is 1. The molecule has 0 bridgehead atoms. The van der Waals surface area contributed by atoms with Gasteiger partial charge in [-0.25, -0.2) is 4.79 Å². The molecule has 0 saturated carbocycles. The summed E-state index contributed by atoms with van der Waals surface area (Å²) in [6.07, 6.45) is 0. The average molecular weight is 411 g/mol. The first-order valence-electron chi connectivity index (χ1n) is 7.54. The Morgan fingerprint density at radius 2 is 2.00 bits per heavy atom. The number of nitrogens with one attached hydrogen (secondary N) is 1. The molecule has 2 rings (SSSR count). The molecule has 0 unspecified atom stereocenters. The van der Waals surface area contributed by atoms with Gasteiger partial charge >= 0.3 is 6.03 Å². The smallest absolute Gasteiger partial charge is 0.327 e. The Morgan fingerprint density at radius 1 is 1.32 bits per heavy atom. The number of likely N-dealkylation sites (N-methyl/N-ethyl adjacent to an activating group) is 2. The molecule has 0 aliphatic carbocycles. The molecule has 1 fully saturated rings. The zero-order chi connectivity index (χ0) is 18.7. The Hall–Kier alpha value is -2.42. The molecular formula is C16H19BrN4O4. The van der Waals surface area contributed by atoms with Crippen LogP contribution in [-0.4, -0.2) is 72.2 Å². The molecule has 0 radical (unpaired) electrons. The van der Waals surface area contributed by atoms with Crippen LogP contribution in [0.25, 0.3) is 0 Å². The third kappa shape index (κ3) is 4.56. The Balaban J connectivity index is 1.91. The van der Waals surface area contributed by atoms with E-state index in [9.17, 15) is 19.2 Å². The SMILES string of the molecule is Cc1cc(Br)ccc1NC(=O)CN(C)C(=O)CN1C(=O)CN(C)C1=O. The highest BCUT2D eigenvalue weighted by atomic mass is 79.9. The summed E-state index contributed by atoms with van der Waals surface area (Å²) in [5.74, 6) is -1.28. The zero-order valence-electron chi connectivity index (χ0n) is 14.2. The first kappa shape index (κ1) is 18.9. The fourth-order valence-electron chi connectivity index (χ4n) is 2.34. The van der Waals surface area contributed by atoms with Crippen molar-refractivity contribution in [3.63, 3.8) is 0 Å². The molecule has 1 N–H and O–H groups in total. The second kappa shape index (κ2) is 7.64. The molecule has 5 amide bonds. The summed E-state index contributed by atoms with van der Waals surface area (Å²) >= 11 is 3.35. The number of urea groups is 1. The topological polar surface area (TPSA) is 90.0 Å². The van der Waals surface area contributed by atoms with E-state index in [-0.39, 0.29) is 25.5 Å². The van der Waals surface area contributed by atoms with Crippen LogP contribution < -0.4 is 5.32 Å². The summed E-state index contributed by atoms with van der Waals surface area (Å²) in [6.45, 7) is 1.26. The van der Waals surface area contributed by atoms with Gasteiger partial charge in [0.05, 0.1) is 6.54 Å². The minimum atomic E-state index is -0.512. The maximum atomic E-state index is 12.2. The molecule has 1 aliphatic heterocycles. The molecule has 9 heteroatoms. The predicted molar refractivity (Wildman–Crippen MR) is 94.9 cm³/mol. The van der Waals surface area contributed by atoms with Gasteiger partial charge < -0.3 is 15.1 Å². The fourth-order valence-corrected chi connectivity index (χ4v) is 2.82. The minimum absolute atomic E-state index is 0.0425. The van der Waals surface area contributed by atoms with Gasteiger partial charge in [0.2, 0.25) is 11.8 Å². The van der Waals surface area contributed by atoms with Gasteiger partial charge in [-0.1, -0.05) is 15.9 Å². The van der Waals surface area contributed by atoms with Crippen LogP contribution in [0.4, 0.5) is 10.5 Å². The molecule has 1 aliphatic rings. The number of imide groups is 1. The first-order valence-corrected chi connectivity index (χ1v) is 8.33. The summed E-state index contributed by atoms with van der Waals surface area (Å²) in [5, 5.41) is 2.73. The van der Waals surface area contributed by atoms with Crippen molar-refractivity contribution in [1.29, 1.82) is 0 Å². The third-order valence-electron chi connectivity index (χ3n) is 3.79. The van der Waals surface area contributed by atoms with Gasteiger partial charge in [0.15, 0.2) is 0 Å². The first-order chi connectivity index (χ1) is 11.7. The number of carbonyl (C=O) groups excluding carboxylic acids is 4. The van der Waals surface area contributed by atoms with Crippen LogP contribution in [0.15, 0.2) is 22.7 Å². The van der Waals surface area contributed by atoms with Crippen LogP contribution in [-0.2, 0) is 14.4 Å². The van der Waals surface area contributed by atoms with Crippen molar-refractivity contribution < 1.29 is 19.2 Å². The van der Waals surface area contributed by atoms with Gasteiger partial charge in [0.25, 0.3) is 5.91 Å². The highest BCUT2D eigenvalue weighted by molar-refractivity contribution is 9.10. The van der Waals surface area contributed by atoms with Gasteiger partial charge in [0, 0.05) is 24.3 Å². The monoisotopic (exact) mass is 410 g/mol. The van der Waals surface area contributed by atoms with Crippen molar-refractivity contribution >= 4 is 45.4 Å². The summed E-state index contributed by atoms with van der Waals surface area (Å²) in [5.41, 5.74) is 1.54. The number of amides is 5. The molecule has 8 nitrogen and oxygen atoms in total. The molecule has 1 aromatic carbocycles. The van der Waals surface area contributed by atoms with Crippen LogP contribution in [0, 0.1) is 6.92 Å². The summed E-state index contributed by atoms with van der Waals surface area (Å²) < 4.78 is 0.903. The average Bonchev–Trinajstić information content (AvgIpc) is 2.76. The number of hydrogen-bond acceptors (Lipinski definition) is 4. The van der Waals surface area contributed by atoms with Crippen molar-refractivity contribution in [2.24, 2.45) is 0 Å². The number of anilines is 1. The van der Waals surface area contributed by atoms with E-state index in [1.807, 2.05) is 13.0 Å². The maximum Gasteiger partial charge on any atom is 0.327 e. The zero-order valence-corrected chi connectivity index (χ0v) is 15.8. The van der Waals surface area contributed by atoms with Crippen molar-refractivity contribution in [3.8, 4) is 0 Å². The lowest BCUT2D eigenvalue weighted by molar-refractivity contribution is -0.137. The van der Waals surface area contributed by atoms with E-state index >= 15 is 0 Å². The maximum absolute atomic E-state index is 12.2. The van der Waals surface area contributed by atoms with Crippen LogP contribution in [0.2, 0.25) is 0 Å². The Bertz CT molecular complexity index is 737. The number of halogens is 1. The van der Waals surface area contributed by atoms with E-state index in [0.717, 1.165) is 14.9 Å². The molecule has 0 aromatic heterocycles. The Morgan fingerprint density at radius 3 is 2.56 bits per heavy atom. The summed E-state index contributed by atoms with van der Waals surface area (Å²) in [6, 6.07) is 4.92. The molecule has 25 heavy (non-hydrogen) atoms. The molecule has 1 heterocycles. The summed E-state index contributed by atoms with van der Waals surface area (Å²) in [7, 11) is 2.94. The highest BCUT2D eigenvalue weighted by Crippen LogP contribution is 2.19. The number of carbonyl (C=O) groups is 4. The van der Waals surface area contributed by atoms with Crippen molar-refractivity contribution in [2.45, 2.75) is 6.92 Å². The number of rotatable bonds is 5. The van der Waals surface area contributed by atoms with Crippen LogP contribution in [0.3, 0.4) is 0 Å². The van der Waals surface area contributed by atoms with Gasteiger partial charge in [0.1, 0.15) is 13.1 Å². The largest absolute Gasteiger partial charge is 0.335 e. The van der Waals surface area contributed by atoms with Gasteiger partial charge in [-0.05, 0) is 30.7 Å². The lowest BCUT2D eigenvalue weighted by atomic mass is 10.2. The minimum Gasteiger partial charge on any atom is -0.335 e.